The van der Waals surface area contributed by atoms with Gasteiger partial charge in [-0.2, -0.15) is 0 Å². The third-order valence-corrected chi connectivity index (χ3v) is 4.13. The number of aryl methyl sites for hydroxylation is 2. The van der Waals surface area contributed by atoms with Gasteiger partial charge in [-0.1, -0.05) is 13.0 Å². The molecule has 2 aromatic rings. The van der Waals surface area contributed by atoms with Crippen molar-refractivity contribution in [3.8, 4) is 0 Å². The molecule has 1 aliphatic rings. The number of aromatic nitrogens is 1. The molecule has 1 fully saturated rings. The van der Waals surface area contributed by atoms with Crippen LogP contribution < -0.4 is 5.32 Å². The number of nitrogens with one attached hydrogen (secondary N) is 1. The van der Waals surface area contributed by atoms with E-state index < -0.39 is 0 Å². The molecule has 0 bridgehead atoms. The van der Waals surface area contributed by atoms with Crippen LogP contribution in [0.1, 0.15) is 40.4 Å². The van der Waals surface area contributed by atoms with Crippen LogP contribution >= 0.6 is 12.4 Å². The Morgan fingerprint density at radius 2 is 2.35 bits per heavy atom. The van der Waals surface area contributed by atoms with E-state index in [1.165, 1.54) is 0 Å². The van der Waals surface area contributed by atoms with Crippen LogP contribution in [0.25, 0.3) is 0 Å². The predicted molar refractivity (Wildman–Crippen MR) is 91.0 cm³/mol. The molecule has 1 unspecified atom stereocenters. The third kappa shape index (κ3) is 3.57. The van der Waals surface area contributed by atoms with E-state index in [1.54, 1.807) is 6.20 Å². The Hall–Kier alpha value is -1.85. The van der Waals surface area contributed by atoms with Crippen molar-refractivity contribution in [2.45, 2.75) is 26.3 Å². The highest BCUT2D eigenvalue weighted by Crippen LogP contribution is 2.25. The summed E-state index contributed by atoms with van der Waals surface area (Å²) in [4.78, 5) is 18.9. The van der Waals surface area contributed by atoms with Crippen LogP contribution in [0.3, 0.4) is 0 Å². The van der Waals surface area contributed by atoms with Crippen LogP contribution in [0, 0.1) is 6.92 Å². The zero-order chi connectivity index (χ0) is 15.5. The number of furan rings is 1. The predicted octanol–water partition coefficient (Wildman–Crippen LogP) is 2.75. The van der Waals surface area contributed by atoms with Gasteiger partial charge < -0.3 is 14.6 Å². The number of carbonyl (C=O) groups is 1. The summed E-state index contributed by atoms with van der Waals surface area (Å²) < 4.78 is 5.74. The maximum absolute atomic E-state index is 12.8. The van der Waals surface area contributed by atoms with Gasteiger partial charge in [0.05, 0.1) is 6.04 Å². The summed E-state index contributed by atoms with van der Waals surface area (Å²) in [6, 6.07) is 5.75. The maximum atomic E-state index is 12.8. The van der Waals surface area contributed by atoms with Gasteiger partial charge in [0.2, 0.25) is 0 Å². The first kappa shape index (κ1) is 17.5. The summed E-state index contributed by atoms with van der Waals surface area (Å²) in [5.41, 5.74) is 2.08. The van der Waals surface area contributed by atoms with Gasteiger partial charge in [-0.05, 0) is 30.2 Å². The molecular weight excluding hydrogens is 314 g/mol. The molecule has 1 N–H and O–H groups in total. The highest BCUT2D eigenvalue weighted by molar-refractivity contribution is 5.92. The van der Waals surface area contributed by atoms with Gasteiger partial charge in [0.1, 0.15) is 5.76 Å². The molecule has 1 saturated heterocycles. The molecule has 1 amide bonds. The molecule has 124 valence electrons. The smallest absolute Gasteiger partial charge is 0.290 e. The molecule has 0 aromatic carbocycles. The monoisotopic (exact) mass is 335 g/mol. The normalized spacial score (nSPS) is 17.7. The first-order valence-corrected chi connectivity index (χ1v) is 7.71. The Morgan fingerprint density at radius 3 is 3.00 bits per heavy atom. The van der Waals surface area contributed by atoms with Crippen LogP contribution in [0.2, 0.25) is 0 Å². The van der Waals surface area contributed by atoms with Gasteiger partial charge in [0.25, 0.3) is 5.91 Å². The number of carbonyl (C=O) groups excluding carboxylic acids is 1. The molecule has 2 aromatic heterocycles. The van der Waals surface area contributed by atoms with E-state index in [-0.39, 0.29) is 24.4 Å². The van der Waals surface area contributed by atoms with Crippen molar-refractivity contribution < 1.29 is 9.21 Å². The standard InChI is InChI=1S/C17H21N3O2.ClH/c1-3-15-12(2)9-16(22-15)17(21)20-8-7-19-11-14(20)13-5-4-6-18-10-13;/h4-6,9-10,14,19H,3,7-8,11H2,1-2H3;1H. The van der Waals surface area contributed by atoms with Crippen LogP contribution in [-0.4, -0.2) is 35.4 Å². The molecule has 5 nitrogen and oxygen atoms in total. The fraction of sp³-hybridized carbons (Fsp3) is 0.412. The molecule has 1 atom stereocenters. The minimum absolute atomic E-state index is 0. The maximum Gasteiger partial charge on any atom is 0.290 e. The van der Waals surface area contributed by atoms with Crippen LogP contribution in [0.4, 0.5) is 0 Å². The summed E-state index contributed by atoms with van der Waals surface area (Å²) in [6.07, 6.45) is 4.37. The zero-order valence-electron chi connectivity index (χ0n) is 13.4. The fourth-order valence-corrected chi connectivity index (χ4v) is 2.94. The topological polar surface area (TPSA) is 58.4 Å². The van der Waals surface area contributed by atoms with Crippen LogP contribution in [0.15, 0.2) is 35.0 Å². The molecule has 3 heterocycles. The van der Waals surface area contributed by atoms with Crippen molar-refractivity contribution >= 4 is 18.3 Å². The minimum atomic E-state index is -0.0434. The Labute approximate surface area is 142 Å². The van der Waals surface area contributed by atoms with Gasteiger partial charge in [-0.15, -0.1) is 12.4 Å². The molecule has 0 spiro atoms. The lowest BCUT2D eigenvalue weighted by Gasteiger charge is -2.35. The third-order valence-electron chi connectivity index (χ3n) is 4.13. The van der Waals surface area contributed by atoms with E-state index in [0.29, 0.717) is 12.3 Å². The number of halogens is 1. The van der Waals surface area contributed by atoms with Gasteiger partial charge in [-0.3, -0.25) is 9.78 Å². The van der Waals surface area contributed by atoms with Crippen molar-refractivity contribution in [1.82, 2.24) is 15.2 Å². The molecule has 1 aliphatic heterocycles. The number of hydrogen-bond acceptors (Lipinski definition) is 4. The Balaban J connectivity index is 0.00000192. The number of rotatable bonds is 3. The average Bonchev–Trinajstić information content (AvgIpc) is 2.96. The molecule has 0 radical (unpaired) electrons. The van der Waals surface area contributed by atoms with Gasteiger partial charge in [0.15, 0.2) is 5.76 Å². The van der Waals surface area contributed by atoms with Gasteiger partial charge >= 0.3 is 0 Å². The molecule has 23 heavy (non-hydrogen) atoms. The van der Waals surface area contributed by atoms with Crippen molar-refractivity contribution in [2.24, 2.45) is 0 Å². The number of amides is 1. The van der Waals surface area contributed by atoms with Crippen molar-refractivity contribution in [2.75, 3.05) is 19.6 Å². The van der Waals surface area contributed by atoms with E-state index in [9.17, 15) is 4.79 Å². The summed E-state index contributed by atoms with van der Waals surface area (Å²) in [5, 5.41) is 3.35. The second-order valence-electron chi connectivity index (χ2n) is 5.58. The lowest BCUT2D eigenvalue weighted by molar-refractivity contribution is 0.0599. The lowest BCUT2D eigenvalue weighted by atomic mass is 10.0. The Bertz CT molecular complexity index is 657. The largest absolute Gasteiger partial charge is 0.456 e. The van der Waals surface area contributed by atoms with Crippen molar-refractivity contribution in [3.63, 3.8) is 0 Å². The molecular formula is C17H22ClN3O2. The van der Waals surface area contributed by atoms with E-state index in [2.05, 4.69) is 10.3 Å². The number of piperazine rings is 1. The second kappa shape index (κ2) is 7.62. The summed E-state index contributed by atoms with van der Waals surface area (Å²) in [6.45, 7) is 6.21. The fourth-order valence-electron chi connectivity index (χ4n) is 2.94. The SMILES string of the molecule is CCc1oc(C(=O)N2CCNCC2c2cccnc2)cc1C.Cl. The summed E-state index contributed by atoms with van der Waals surface area (Å²) in [7, 11) is 0. The van der Waals surface area contributed by atoms with Crippen LogP contribution in [-0.2, 0) is 6.42 Å². The van der Waals surface area contributed by atoms with E-state index in [1.807, 2.05) is 43.1 Å². The summed E-state index contributed by atoms with van der Waals surface area (Å²) >= 11 is 0. The van der Waals surface area contributed by atoms with E-state index in [4.69, 9.17) is 4.42 Å². The zero-order valence-corrected chi connectivity index (χ0v) is 14.2. The number of nitrogens with zero attached hydrogens (tertiary/aromatic N) is 2. The molecule has 3 rings (SSSR count). The van der Waals surface area contributed by atoms with E-state index >= 15 is 0 Å². The minimum Gasteiger partial charge on any atom is -0.456 e. The van der Waals surface area contributed by atoms with Crippen molar-refractivity contribution in [3.05, 3.63) is 53.2 Å². The van der Waals surface area contributed by atoms with Crippen molar-refractivity contribution in [1.29, 1.82) is 0 Å². The highest BCUT2D eigenvalue weighted by atomic mass is 35.5. The molecule has 0 aliphatic carbocycles. The second-order valence-corrected chi connectivity index (χ2v) is 5.58. The van der Waals surface area contributed by atoms with Gasteiger partial charge in [-0.25, -0.2) is 0 Å². The first-order chi connectivity index (χ1) is 10.7. The quantitative estimate of drug-likeness (QED) is 0.937. The van der Waals surface area contributed by atoms with E-state index in [0.717, 1.165) is 36.4 Å². The average molecular weight is 336 g/mol. The molecule has 6 heteroatoms. The molecule has 0 saturated carbocycles. The highest BCUT2D eigenvalue weighted by Gasteiger charge is 2.30. The summed E-state index contributed by atoms with van der Waals surface area (Å²) in [5.74, 6) is 1.28. The number of pyridine rings is 1. The Kier molecular flexibility index (Phi) is 5.80. The number of hydrogen-bond donors (Lipinski definition) is 1. The van der Waals surface area contributed by atoms with Crippen LogP contribution in [0.5, 0.6) is 0 Å². The first-order valence-electron chi connectivity index (χ1n) is 7.71. The lowest BCUT2D eigenvalue weighted by Crippen LogP contribution is -2.48. The Morgan fingerprint density at radius 1 is 1.52 bits per heavy atom. The van der Waals surface area contributed by atoms with Gasteiger partial charge in [0, 0.05) is 38.4 Å².